The molecule has 6 heteroatoms. The molecule has 0 aliphatic rings. The van der Waals surface area contributed by atoms with Crippen molar-refractivity contribution in [2.24, 2.45) is 5.92 Å². The van der Waals surface area contributed by atoms with E-state index in [4.69, 9.17) is 16.7 Å². The molecule has 0 aromatic heterocycles. The van der Waals surface area contributed by atoms with Crippen LogP contribution in [0.2, 0.25) is 5.02 Å². The summed E-state index contributed by atoms with van der Waals surface area (Å²) in [7, 11) is 0. The van der Waals surface area contributed by atoms with E-state index in [1.165, 1.54) is 12.1 Å². The van der Waals surface area contributed by atoms with Crippen LogP contribution in [0.4, 0.5) is 4.39 Å². The van der Waals surface area contributed by atoms with E-state index in [-0.39, 0.29) is 18.1 Å². The van der Waals surface area contributed by atoms with Crippen molar-refractivity contribution in [1.82, 2.24) is 0 Å². The summed E-state index contributed by atoms with van der Waals surface area (Å²) < 4.78 is 17.8. The van der Waals surface area contributed by atoms with Gasteiger partial charge in [-0.05, 0) is 31.0 Å². The van der Waals surface area contributed by atoms with Gasteiger partial charge in [0.2, 0.25) is 0 Å². The van der Waals surface area contributed by atoms with E-state index in [1.807, 2.05) is 0 Å². The highest BCUT2D eigenvalue weighted by molar-refractivity contribution is 6.30. The molecule has 0 saturated carbocycles. The van der Waals surface area contributed by atoms with Crippen molar-refractivity contribution in [2.75, 3.05) is 6.61 Å². The standard InChI is InChI=1S/C12H12ClFO4/c1-2-18-12(17)8(11(15)16)5-7-3-4-9(13)10(14)6-7/h3-4,6,8H,2,5H2,1H3,(H,15,16). The van der Waals surface area contributed by atoms with E-state index in [2.05, 4.69) is 4.74 Å². The fraction of sp³-hybridized carbons (Fsp3) is 0.333. The number of carbonyl (C=O) groups excluding carboxylic acids is 1. The molecule has 0 amide bonds. The summed E-state index contributed by atoms with van der Waals surface area (Å²) in [4.78, 5) is 22.4. The first-order chi connectivity index (χ1) is 8.45. The lowest BCUT2D eigenvalue weighted by atomic mass is 9.99. The van der Waals surface area contributed by atoms with Crippen LogP contribution in [0.5, 0.6) is 0 Å². The summed E-state index contributed by atoms with van der Waals surface area (Å²) in [5, 5.41) is 8.88. The second-order valence-electron chi connectivity index (χ2n) is 3.60. The number of halogens is 2. The van der Waals surface area contributed by atoms with E-state index < -0.39 is 23.7 Å². The van der Waals surface area contributed by atoms with Crippen LogP contribution in [0.3, 0.4) is 0 Å². The average molecular weight is 275 g/mol. The van der Waals surface area contributed by atoms with Gasteiger partial charge in [-0.2, -0.15) is 0 Å². The monoisotopic (exact) mass is 274 g/mol. The second kappa shape index (κ2) is 6.35. The quantitative estimate of drug-likeness (QED) is 0.661. The minimum absolute atomic E-state index is 0.0539. The van der Waals surface area contributed by atoms with E-state index in [0.717, 1.165) is 6.07 Å². The molecule has 4 nitrogen and oxygen atoms in total. The molecule has 0 aliphatic carbocycles. The lowest BCUT2D eigenvalue weighted by Crippen LogP contribution is -2.28. The van der Waals surface area contributed by atoms with E-state index in [0.29, 0.717) is 5.56 Å². The molecule has 0 saturated heterocycles. The van der Waals surface area contributed by atoms with Crippen LogP contribution < -0.4 is 0 Å². The Morgan fingerprint density at radius 2 is 2.17 bits per heavy atom. The lowest BCUT2D eigenvalue weighted by molar-refractivity contribution is -0.158. The molecule has 0 heterocycles. The van der Waals surface area contributed by atoms with Gasteiger partial charge in [-0.15, -0.1) is 0 Å². The molecule has 1 N–H and O–H groups in total. The summed E-state index contributed by atoms with van der Waals surface area (Å²) in [6.45, 7) is 1.68. The molecule has 1 unspecified atom stereocenters. The molecule has 18 heavy (non-hydrogen) atoms. The number of esters is 1. The largest absolute Gasteiger partial charge is 0.481 e. The van der Waals surface area contributed by atoms with Gasteiger partial charge < -0.3 is 9.84 Å². The number of hydrogen-bond donors (Lipinski definition) is 1. The molecule has 1 atom stereocenters. The van der Waals surface area contributed by atoms with Crippen molar-refractivity contribution < 1.29 is 23.8 Å². The molecular weight excluding hydrogens is 263 g/mol. The molecule has 1 aromatic rings. The van der Waals surface area contributed by atoms with Crippen molar-refractivity contribution >= 4 is 23.5 Å². The Labute approximate surface area is 108 Å². The Hall–Kier alpha value is -1.62. The van der Waals surface area contributed by atoms with Crippen LogP contribution in [-0.2, 0) is 20.7 Å². The average Bonchev–Trinajstić information content (AvgIpc) is 2.30. The third kappa shape index (κ3) is 3.70. The topological polar surface area (TPSA) is 63.6 Å². The molecule has 0 spiro atoms. The van der Waals surface area contributed by atoms with Gasteiger partial charge in [0.05, 0.1) is 11.6 Å². The summed E-state index contributed by atoms with van der Waals surface area (Å²) in [5.41, 5.74) is 0.373. The van der Waals surface area contributed by atoms with E-state index in [9.17, 15) is 14.0 Å². The highest BCUT2D eigenvalue weighted by Gasteiger charge is 2.28. The maximum Gasteiger partial charge on any atom is 0.320 e. The number of carboxylic acid groups (broad SMARTS) is 1. The minimum atomic E-state index is -1.34. The molecule has 1 aromatic carbocycles. The summed E-state index contributed by atoms with van der Waals surface area (Å²) >= 11 is 5.51. The fourth-order valence-corrected chi connectivity index (χ4v) is 1.53. The van der Waals surface area contributed by atoms with Crippen LogP contribution in [-0.4, -0.2) is 23.7 Å². The lowest BCUT2D eigenvalue weighted by Gasteiger charge is -2.11. The molecule has 0 radical (unpaired) electrons. The predicted molar refractivity (Wildman–Crippen MR) is 62.9 cm³/mol. The van der Waals surface area contributed by atoms with Crippen LogP contribution in [0.15, 0.2) is 18.2 Å². The van der Waals surface area contributed by atoms with Crippen LogP contribution in [0.25, 0.3) is 0 Å². The predicted octanol–water partition coefficient (Wildman–Crippen LogP) is 2.29. The fourth-order valence-electron chi connectivity index (χ4n) is 1.42. The Morgan fingerprint density at radius 3 is 2.67 bits per heavy atom. The zero-order chi connectivity index (χ0) is 13.7. The molecular formula is C12H12ClFO4. The van der Waals surface area contributed by atoms with Crippen molar-refractivity contribution in [1.29, 1.82) is 0 Å². The highest BCUT2D eigenvalue weighted by Crippen LogP contribution is 2.18. The maximum absolute atomic E-state index is 13.2. The van der Waals surface area contributed by atoms with Crippen molar-refractivity contribution in [3.05, 3.63) is 34.6 Å². The van der Waals surface area contributed by atoms with Gasteiger partial charge in [0.25, 0.3) is 0 Å². The van der Waals surface area contributed by atoms with Gasteiger partial charge >= 0.3 is 11.9 Å². The van der Waals surface area contributed by atoms with Crippen molar-refractivity contribution in [3.63, 3.8) is 0 Å². The molecule has 1 rings (SSSR count). The number of ether oxygens (including phenoxy) is 1. The second-order valence-corrected chi connectivity index (χ2v) is 4.00. The SMILES string of the molecule is CCOC(=O)C(Cc1ccc(Cl)c(F)c1)C(=O)O. The van der Waals surface area contributed by atoms with Gasteiger partial charge in [-0.25, -0.2) is 4.39 Å². The molecule has 0 fully saturated rings. The van der Waals surface area contributed by atoms with E-state index >= 15 is 0 Å². The van der Waals surface area contributed by atoms with Crippen LogP contribution in [0, 0.1) is 11.7 Å². The van der Waals surface area contributed by atoms with Gasteiger partial charge in [-0.1, -0.05) is 17.7 Å². The third-order valence-electron chi connectivity index (χ3n) is 2.29. The van der Waals surface area contributed by atoms with Gasteiger partial charge in [0, 0.05) is 0 Å². The first-order valence-electron chi connectivity index (χ1n) is 5.29. The number of rotatable bonds is 5. The minimum Gasteiger partial charge on any atom is -0.481 e. The zero-order valence-corrected chi connectivity index (χ0v) is 10.4. The number of aliphatic carboxylic acids is 1. The summed E-state index contributed by atoms with van der Waals surface area (Å²) in [6, 6.07) is 3.90. The first-order valence-corrected chi connectivity index (χ1v) is 5.66. The summed E-state index contributed by atoms with van der Waals surface area (Å²) in [5.74, 6) is -4.13. The van der Waals surface area contributed by atoms with Crippen molar-refractivity contribution in [3.8, 4) is 0 Å². The van der Waals surface area contributed by atoms with E-state index in [1.54, 1.807) is 6.92 Å². The summed E-state index contributed by atoms with van der Waals surface area (Å²) in [6.07, 6.45) is -0.137. The Balaban J connectivity index is 2.86. The number of hydrogen-bond acceptors (Lipinski definition) is 3. The first kappa shape index (κ1) is 14.4. The van der Waals surface area contributed by atoms with Gasteiger partial charge in [0.1, 0.15) is 5.82 Å². The smallest absolute Gasteiger partial charge is 0.320 e. The number of carbonyl (C=O) groups is 2. The van der Waals surface area contributed by atoms with Crippen LogP contribution in [0.1, 0.15) is 12.5 Å². The van der Waals surface area contributed by atoms with Crippen LogP contribution >= 0.6 is 11.6 Å². The number of carboxylic acids is 1. The zero-order valence-electron chi connectivity index (χ0n) is 9.65. The number of benzene rings is 1. The van der Waals surface area contributed by atoms with Crippen molar-refractivity contribution in [2.45, 2.75) is 13.3 Å². The maximum atomic E-state index is 13.2. The Bertz CT molecular complexity index is 461. The normalized spacial score (nSPS) is 11.9. The molecule has 0 bridgehead atoms. The van der Waals surface area contributed by atoms with Gasteiger partial charge in [0.15, 0.2) is 5.92 Å². The Kier molecular flexibility index (Phi) is 5.09. The molecule has 98 valence electrons. The third-order valence-corrected chi connectivity index (χ3v) is 2.60. The molecule has 0 aliphatic heterocycles. The van der Waals surface area contributed by atoms with Gasteiger partial charge in [-0.3, -0.25) is 9.59 Å². The Morgan fingerprint density at radius 1 is 1.50 bits per heavy atom. The highest BCUT2D eigenvalue weighted by atomic mass is 35.5.